The van der Waals surface area contributed by atoms with Crippen LogP contribution in [-0.4, -0.2) is 69.8 Å². The summed E-state index contributed by atoms with van der Waals surface area (Å²) < 4.78 is 6.26. The summed E-state index contributed by atoms with van der Waals surface area (Å²) in [6.45, 7) is 9.41. The van der Waals surface area contributed by atoms with Crippen LogP contribution in [0.1, 0.15) is 37.3 Å². The van der Waals surface area contributed by atoms with Crippen molar-refractivity contribution in [1.29, 1.82) is 0 Å². The Labute approximate surface area is 193 Å². The predicted octanol–water partition coefficient (Wildman–Crippen LogP) is 2.05. The van der Waals surface area contributed by atoms with Crippen LogP contribution in [0.3, 0.4) is 0 Å². The number of carboxylic acids is 1. The van der Waals surface area contributed by atoms with Gasteiger partial charge >= 0.3 is 5.97 Å². The van der Waals surface area contributed by atoms with Crippen LogP contribution in [0.4, 0.5) is 5.69 Å². The van der Waals surface area contributed by atoms with Gasteiger partial charge in [0.25, 0.3) is 5.91 Å². The number of hydrogen-bond donors (Lipinski definition) is 2. The highest BCUT2D eigenvalue weighted by molar-refractivity contribution is 6.05. The number of anilines is 1. The lowest BCUT2D eigenvalue weighted by molar-refractivity contribution is -0.151. The number of carbonyl (C=O) groups is 3. The molecule has 2 N–H and O–H groups in total. The van der Waals surface area contributed by atoms with Gasteiger partial charge in [0.15, 0.2) is 0 Å². The molecule has 8 heteroatoms. The average Bonchev–Trinajstić information content (AvgIpc) is 3.41. The molecule has 0 aliphatic carbocycles. The number of ether oxygens (including phenoxy) is 1. The van der Waals surface area contributed by atoms with Crippen molar-refractivity contribution in [2.24, 2.45) is 11.8 Å². The third kappa shape index (κ3) is 3.30. The Morgan fingerprint density at radius 3 is 2.58 bits per heavy atom. The lowest BCUT2D eigenvalue weighted by atomic mass is 9.70. The fourth-order valence-corrected chi connectivity index (χ4v) is 6.26. The molecule has 4 rings (SSSR count). The van der Waals surface area contributed by atoms with E-state index in [2.05, 4.69) is 6.58 Å². The van der Waals surface area contributed by atoms with Crippen molar-refractivity contribution in [3.05, 3.63) is 42.0 Å². The van der Waals surface area contributed by atoms with Crippen LogP contribution in [0, 0.1) is 25.7 Å². The number of aliphatic hydroxyl groups excluding tert-OH is 1. The Hall–Kier alpha value is -2.71. The molecule has 0 aromatic heterocycles. The Balaban J connectivity index is 1.86. The highest BCUT2D eigenvalue weighted by Crippen LogP contribution is 2.59. The number of likely N-dealkylation sites (tertiary alicyclic amines) is 1. The summed E-state index contributed by atoms with van der Waals surface area (Å²) in [6.07, 6.45) is 2.40. The standard InChI is InChI=1S/C25H32N2O6/c1-5-12-26(20-14(3)8-7-9-15(20)4)23(30)21-25-11-10-17(33-25)18(24(31)32)19(25)22(29)27(21)16(6-2)13-28/h5,7-9,16-19,21,28H,1,6,10-13H2,2-4H3,(H,31,32)/t16-,17+,18-,19-,21?,25?/m0/s1. The van der Waals surface area contributed by atoms with Gasteiger partial charge in [0.1, 0.15) is 11.6 Å². The van der Waals surface area contributed by atoms with E-state index in [4.69, 9.17) is 4.74 Å². The minimum Gasteiger partial charge on any atom is -0.481 e. The number of para-hydroxylation sites is 1. The molecule has 8 nitrogen and oxygen atoms in total. The first-order valence-corrected chi connectivity index (χ1v) is 11.6. The lowest BCUT2D eigenvalue weighted by Gasteiger charge is -2.39. The molecule has 33 heavy (non-hydrogen) atoms. The number of carbonyl (C=O) groups excluding carboxylic acids is 2. The van der Waals surface area contributed by atoms with Crippen LogP contribution in [-0.2, 0) is 19.1 Å². The fraction of sp³-hybridized carbons (Fsp3) is 0.560. The third-order valence-corrected chi connectivity index (χ3v) is 7.62. The zero-order chi connectivity index (χ0) is 24.1. The van der Waals surface area contributed by atoms with Gasteiger partial charge in [-0.1, -0.05) is 31.2 Å². The Bertz CT molecular complexity index is 969. The van der Waals surface area contributed by atoms with E-state index in [1.807, 2.05) is 39.0 Å². The molecule has 1 aromatic rings. The Morgan fingerprint density at radius 2 is 2.03 bits per heavy atom. The van der Waals surface area contributed by atoms with Crippen molar-refractivity contribution in [1.82, 2.24) is 4.90 Å². The summed E-state index contributed by atoms with van der Waals surface area (Å²) in [5.41, 5.74) is 1.35. The van der Waals surface area contributed by atoms with E-state index >= 15 is 0 Å². The third-order valence-electron chi connectivity index (χ3n) is 7.62. The van der Waals surface area contributed by atoms with Crippen molar-refractivity contribution in [3.8, 4) is 0 Å². The van der Waals surface area contributed by atoms with E-state index in [0.717, 1.165) is 16.8 Å². The van der Waals surface area contributed by atoms with Gasteiger partial charge in [0.05, 0.1) is 30.6 Å². The maximum absolute atomic E-state index is 14.3. The monoisotopic (exact) mass is 456 g/mol. The predicted molar refractivity (Wildman–Crippen MR) is 122 cm³/mol. The number of aryl methyl sites for hydroxylation is 2. The van der Waals surface area contributed by atoms with Gasteiger partial charge in [-0.25, -0.2) is 0 Å². The van der Waals surface area contributed by atoms with E-state index in [0.29, 0.717) is 19.3 Å². The van der Waals surface area contributed by atoms with Crippen LogP contribution in [0.15, 0.2) is 30.9 Å². The van der Waals surface area contributed by atoms with Gasteiger partial charge < -0.3 is 24.7 Å². The minimum atomic E-state index is -1.21. The normalized spacial score (nSPS) is 30.9. The first-order valence-electron chi connectivity index (χ1n) is 11.6. The highest BCUT2D eigenvalue weighted by Gasteiger charge is 2.75. The van der Waals surface area contributed by atoms with Crippen LogP contribution in [0.5, 0.6) is 0 Å². The van der Waals surface area contributed by atoms with Gasteiger partial charge in [-0.15, -0.1) is 6.58 Å². The number of aliphatic carboxylic acids is 1. The maximum atomic E-state index is 14.3. The second-order valence-electron chi connectivity index (χ2n) is 9.36. The molecule has 6 atom stereocenters. The SMILES string of the molecule is C=CCN(C(=O)C1N([C@@H](CC)CO)C(=O)[C@@H]2[C@@H](C(=O)O)[C@H]3CCC12O3)c1c(C)cccc1C. The second-order valence-corrected chi connectivity index (χ2v) is 9.36. The van der Waals surface area contributed by atoms with Crippen LogP contribution in [0.2, 0.25) is 0 Å². The number of amides is 2. The van der Waals surface area contributed by atoms with Gasteiger partial charge in [-0.2, -0.15) is 0 Å². The highest BCUT2D eigenvalue weighted by atomic mass is 16.5. The quantitative estimate of drug-likeness (QED) is 0.580. The molecule has 2 amide bonds. The van der Waals surface area contributed by atoms with E-state index in [9.17, 15) is 24.6 Å². The van der Waals surface area contributed by atoms with Crippen molar-refractivity contribution < 1.29 is 29.3 Å². The zero-order valence-corrected chi connectivity index (χ0v) is 19.4. The average molecular weight is 457 g/mol. The summed E-state index contributed by atoms with van der Waals surface area (Å²) in [7, 11) is 0. The summed E-state index contributed by atoms with van der Waals surface area (Å²) in [6, 6.07) is 4.14. The molecule has 2 unspecified atom stereocenters. The Kier molecular flexibility index (Phi) is 6.09. The molecule has 178 valence electrons. The second kappa shape index (κ2) is 8.57. The molecule has 1 aromatic carbocycles. The van der Waals surface area contributed by atoms with Gasteiger partial charge in [0.2, 0.25) is 5.91 Å². The first-order chi connectivity index (χ1) is 15.7. The molecule has 1 spiro atoms. The van der Waals surface area contributed by atoms with Crippen molar-refractivity contribution >= 4 is 23.5 Å². The largest absolute Gasteiger partial charge is 0.481 e. The molecule has 3 aliphatic rings. The molecule has 0 saturated carbocycles. The van der Waals surface area contributed by atoms with E-state index < -0.39 is 47.5 Å². The number of rotatable bonds is 8. The maximum Gasteiger partial charge on any atom is 0.310 e. The first kappa shape index (κ1) is 23.4. The molecule has 0 radical (unpaired) electrons. The summed E-state index contributed by atoms with van der Waals surface area (Å²) in [5.74, 6) is -3.75. The van der Waals surface area contributed by atoms with Crippen LogP contribution in [0.25, 0.3) is 0 Å². The number of nitrogens with zero attached hydrogens (tertiary/aromatic N) is 2. The smallest absolute Gasteiger partial charge is 0.310 e. The van der Waals surface area contributed by atoms with Gasteiger partial charge in [-0.3, -0.25) is 14.4 Å². The summed E-state index contributed by atoms with van der Waals surface area (Å²) >= 11 is 0. The number of aliphatic hydroxyl groups is 1. The van der Waals surface area contributed by atoms with Crippen molar-refractivity contribution in [2.75, 3.05) is 18.1 Å². The minimum absolute atomic E-state index is 0.228. The molecular formula is C25H32N2O6. The molecule has 3 fully saturated rings. The number of hydrogen-bond acceptors (Lipinski definition) is 5. The topological polar surface area (TPSA) is 107 Å². The van der Waals surface area contributed by atoms with Gasteiger partial charge in [0, 0.05) is 12.2 Å². The summed E-state index contributed by atoms with van der Waals surface area (Å²) in [4.78, 5) is 43.2. The number of carboxylic acid groups (broad SMARTS) is 1. The molecular weight excluding hydrogens is 424 g/mol. The van der Waals surface area contributed by atoms with Crippen LogP contribution >= 0.6 is 0 Å². The zero-order valence-electron chi connectivity index (χ0n) is 19.4. The van der Waals surface area contributed by atoms with E-state index in [1.54, 1.807) is 11.0 Å². The Morgan fingerprint density at radius 1 is 1.36 bits per heavy atom. The molecule has 3 saturated heterocycles. The van der Waals surface area contributed by atoms with Crippen molar-refractivity contribution in [3.63, 3.8) is 0 Å². The van der Waals surface area contributed by atoms with Crippen molar-refractivity contribution in [2.45, 2.75) is 63.8 Å². The fourth-order valence-electron chi connectivity index (χ4n) is 6.26. The number of benzene rings is 1. The van der Waals surface area contributed by atoms with Crippen LogP contribution < -0.4 is 4.90 Å². The molecule has 2 bridgehead atoms. The molecule has 3 heterocycles. The van der Waals surface area contributed by atoms with E-state index in [-0.39, 0.29) is 19.1 Å². The van der Waals surface area contributed by atoms with E-state index in [1.165, 1.54) is 4.90 Å². The molecule has 3 aliphatic heterocycles. The number of fused-ring (bicyclic) bond motifs is 1. The van der Waals surface area contributed by atoms with Gasteiger partial charge in [-0.05, 0) is 44.2 Å². The lowest BCUT2D eigenvalue weighted by Crippen LogP contribution is -2.59. The summed E-state index contributed by atoms with van der Waals surface area (Å²) in [5, 5.41) is 20.0.